The third-order valence-electron chi connectivity index (χ3n) is 6.22. The number of morpholine rings is 1. The molecular weight excluding hydrogens is 442 g/mol. The number of carbonyl (C=O) groups excluding carboxylic acids is 1. The summed E-state index contributed by atoms with van der Waals surface area (Å²) in [6, 6.07) is 4.98. The van der Waals surface area contributed by atoms with Gasteiger partial charge in [0.15, 0.2) is 0 Å². The molecular formula is C23H35N5O4S. The molecule has 1 aliphatic rings. The molecule has 9 nitrogen and oxygen atoms in total. The molecule has 33 heavy (non-hydrogen) atoms. The molecule has 10 heteroatoms. The summed E-state index contributed by atoms with van der Waals surface area (Å²) in [6.45, 7) is 10.9. The number of nitrogens with zero attached hydrogens (tertiary/aromatic N) is 4. The Balaban J connectivity index is 1.85. The average molecular weight is 478 g/mol. The number of nitrogens with one attached hydrogen (secondary N) is 1. The highest BCUT2D eigenvalue weighted by molar-refractivity contribution is 7.89. The Morgan fingerprint density at radius 1 is 1.18 bits per heavy atom. The van der Waals surface area contributed by atoms with E-state index in [-0.39, 0.29) is 17.2 Å². The fourth-order valence-corrected chi connectivity index (χ4v) is 5.62. The fraction of sp³-hybridized carbons (Fsp3) is 0.565. The van der Waals surface area contributed by atoms with Crippen molar-refractivity contribution < 1.29 is 17.9 Å². The molecule has 182 valence electrons. The molecule has 1 aromatic heterocycles. The molecule has 0 unspecified atom stereocenters. The minimum atomic E-state index is -3.67. The maximum absolute atomic E-state index is 13.2. The molecule has 1 saturated heterocycles. The normalized spacial score (nSPS) is 14.9. The summed E-state index contributed by atoms with van der Waals surface area (Å²) in [5, 5.41) is 7.39. The van der Waals surface area contributed by atoms with Gasteiger partial charge >= 0.3 is 0 Å². The smallest absolute Gasteiger partial charge is 0.243 e. The maximum Gasteiger partial charge on any atom is 0.243 e. The predicted octanol–water partition coefficient (Wildman–Crippen LogP) is 2.48. The lowest BCUT2D eigenvalue weighted by Gasteiger charge is -2.28. The van der Waals surface area contributed by atoms with E-state index in [1.54, 1.807) is 18.2 Å². The van der Waals surface area contributed by atoms with Crippen LogP contribution < -0.4 is 10.2 Å². The van der Waals surface area contributed by atoms with E-state index in [4.69, 9.17) is 4.74 Å². The Bertz CT molecular complexity index is 1090. The van der Waals surface area contributed by atoms with E-state index in [9.17, 15) is 13.2 Å². The van der Waals surface area contributed by atoms with Crippen molar-refractivity contribution in [1.82, 2.24) is 14.1 Å². The van der Waals surface area contributed by atoms with Crippen molar-refractivity contribution >= 4 is 27.3 Å². The van der Waals surface area contributed by atoms with Gasteiger partial charge in [0.1, 0.15) is 0 Å². The van der Waals surface area contributed by atoms with E-state index in [0.717, 1.165) is 35.7 Å². The number of benzene rings is 1. The van der Waals surface area contributed by atoms with Crippen molar-refractivity contribution in [3.05, 3.63) is 35.2 Å². The Kier molecular flexibility index (Phi) is 8.14. The first-order valence-corrected chi connectivity index (χ1v) is 12.9. The molecule has 1 aliphatic heterocycles. The molecule has 1 fully saturated rings. The zero-order valence-corrected chi connectivity index (χ0v) is 21.0. The third-order valence-corrected chi connectivity index (χ3v) is 8.11. The van der Waals surface area contributed by atoms with Crippen LogP contribution in [0.2, 0.25) is 0 Å². The summed E-state index contributed by atoms with van der Waals surface area (Å²) in [5.41, 5.74) is 4.36. The van der Waals surface area contributed by atoms with Crippen LogP contribution in [0.3, 0.4) is 0 Å². The van der Waals surface area contributed by atoms with Gasteiger partial charge in [-0.1, -0.05) is 0 Å². The molecule has 0 bridgehead atoms. The molecule has 0 atom stereocenters. The SMILES string of the molecule is CCN(CC)c1ccc(S(=O)(=O)N2CCOCC2)cc1NC(=O)CCc1c(C)nn(C)c1C. The van der Waals surface area contributed by atoms with Crippen LogP contribution in [-0.4, -0.2) is 67.8 Å². The summed E-state index contributed by atoms with van der Waals surface area (Å²) in [7, 11) is -1.78. The number of hydrogen-bond donors (Lipinski definition) is 1. The quantitative estimate of drug-likeness (QED) is 0.596. The van der Waals surface area contributed by atoms with E-state index in [1.807, 2.05) is 39.4 Å². The molecule has 3 rings (SSSR count). The summed E-state index contributed by atoms with van der Waals surface area (Å²) >= 11 is 0. The van der Waals surface area contributed by atoms with Crippen molar-refractivity contribution in [3.63, 3.8) is 0 Å². The average Bonchev–Trinajstić information content (AvgIpc) is 3.05. The number of aryl methyl sites for hydroxylation is 2. The van der Waals surface area contributed by atoms with E-state index in [1.165, 1.54) is 4.31 Å². The Hall–Kier alpha value is -2.43. The molecule has 0 spiro atoms. The highest BCUT2D eigenvalue weighted by Gasteiger charge is 2.27. The Morgan fingerprint density at radius 3 is 2.42 bits per heavy atom. The second kappa shape index (κ2) is 10.7. The first-order valence-electron chi connectivity index (χ1n) is 11.4. The first-order chi connectivity index (χ1) is 15.7. The van der Waals surface area contributed by atoms with Gasteiger partial charge in [0.25, 0.3) is 0 Å². The first kappa shape index (κ1) is 25.2. The minimum absolute atomic E-state index is 0.160. The maximum atomic E-state index is 13.2. The second-order valence-corrected chi connectivity index (χ2v) is 10.1. The molecule has 1 aromatic carbocycles. The van der Waals surface area contributed by atoms with Gasteiger partial charge in [-0.05, 0) is 57.9 Å². The van der Waals surface area contributed by atoms with Crippen LogP contribution >= 0.6 is 0 Å². The summed E-state index contributed by atoms with van der Waals surface area (Å²) in [6.07, 6.45) is 0.856. The second-order valence-electron chi connectivity index (χ2n) is 8.19. The zero-order valence-electron chi connectivity index (χ0n) is 20.2. The van der Waals surface area contributed by atoms with Crippen molar-refractivity contribution in [2.45, 2.75) is 45.4 Å². The molecule has 0 saturated carbocycles. The number of amides is 1. The van der Waals surface area contributed by atoms with Crippen molar-refractivity contribution in [2.75, 3.05) is 49.6 Å². The number of sulfonamides is 1. The lowest BCUT2D eigenvalue weighted by atomic mass is 10.1. The lowest BCUT2D eigenvalue weighted by molar-refractivity contribution is -0.116. The lowest BCUT2D eigenvalue weighted by Crippen LogP contribution is -2.40. The number of anilines is 2. The number of hydrogen-bond acceptors (Lipinski definition) is 6. The predicted molar refractivity (Wildman–Crippen MR) is 129 cm³/mol. The molecule has 2 aromatic rings. The third kappa shape index (κ3) is 5.56. The number of carbonyl (C=O) groups is 1. The van der Waals surface area contributed by atoms with Gasteiger partial charge in [0.2, 0.25) is 15.9 Å². The van der Waals surface area contributed by atoms with Crippen LogP contribution in [0, 0.1) is 13.8 Å². The molecule has 0 radical (unpaired) electrons. The van der Waals surface area contributed by atoms with Crippen LogP contribution in [0.4, 0.5) is 11.4 Å². The van der Waals surface area contributed by atoms with Gasteiger partial charge in [0, 0.05) is 45.3 Å². The topological polar surface area (TPSA) is 96.8 Å². The van der Waals surface area contributed by atoms with Gasteiger partial charge in [-0.3, -0.25) is 9.48 Å². The highest BCUT2D eigenvalue weighted by Crippen LogP contribution is 2.31. The standard InChI is InChI=1S/C23H35N5O4S/c1-6-27(7-2)22-10-8-19(33(30,31)28-12-14-32-15-13-28)16-21(22)24-23(29)11-9-20-17(3)25-26(5)18(20)4/h8,10,16H,6-7,9,11-15H2,1-5H3,(H,24,29). The van der Waals surface area contributed by atoms with Crippen LogP contribution in [0.1, 0.15) is 37.2 Å². The Morgan fingerprint density at radius 2 is 1.85 bits per heavy atom. The largest absolute Gasteiger partial charge is 0.379 e. The number of ether oxygens (including phenoxy) is 1. The van der Waals surface area contributed by atoms with Crippen molar-refractivity contribution in [3.8, 4) is 0 Å². The molecule has 0 aliphatic carbocycles. The summed E-state index contributed by atoms with van der Waals surface area (Å²) in [4.78, 5) is 15.2. The molecule has 1 amide bonds. The number of rotatable bonds is 9. The van der Waals surface area contributed by atoms with Gasteiger partial charge in [0.05, 0.1) is 35.2 Å². The van der Waals surface area contributed by atoms with Crippen LogP contribution in [0.5, 0.6) is 0 Å². The molecule has 1 N–H and O–H groups in total. The van der Waals surface area contributed by atoms with Gasteiger partial charge < -0.3 is 15.0 Å². The van der Waals surface area contributed by atoms with Gasteiger partial charge in [-0.15, -0.1) is 0 Å². The fourth-order valence-electron chi connectivity index (χ4n) is 4.18. The summed E-state index contributed by atoms with van der Waals surface area (Å²) < 4.78 is 34.9. The van der Waals surface area contributed by atoms with E-state index in [2.05, 4.69) is 15.3 Å². The van der Waals surface area contributed by atoms with E-state index in [0.29, 0.717) is 38.4 Å². The highest BCUT2D eigenvalue weighted by atomic mass is 32.2. The minimum Gasteiger partial charge on any atom is -0.379 e. The van der Waals surface area contributed by atoms with Gasteiger partial charge in [-0.2, -0.15) is 9.40 Å². The summed E-state index contributed by atoms with van der Waals surface area (Å²) in [5.74, 6) is -0.160. The van der Waals surface area contributed by atoms with Crippen molar-refractivity contribution in [1.29, 1.82) is 0 Å². The van der Waals surface area contributed by atoms with E-state index >= 15 is 0 Å². The van der Waals surface area contributed by atoms with Crippen LogP contribution in [0.25, 0.3) is 0 Å². The Labute approximate surface area is 196 Å². The van der Waals surface area contributed by atoms with Crippen LogP contribution in [-0.2, 0) is 33.0 Å². The van der Waals surface area contributed by atoms with E-state index < -0.39 is 10.0 Å². The number of aromatic nitrogens is 2. The van der Waals surface area contributed by atoms with Gasteiger partial charge in [-0.25, -0.2) is 8.42 Å². The van der Waals surface area contributed by atoms with Crippen molar-refractivity contribution in [2.24, 2.45) is 7.05 Å². The molecule has 2 heterocycles. The zero-order chi connectivity index (χ0) is 24.2. The van der Waals surface area contributed by atoms with Crippen LogP contribution in [0.15, 0.2) is 23.1 Å². The monoisotopic (exact) mass is 477 g/mol.